The second-order valence-corrected chi connectivity index (χ2v) is 9.59. The lowest BCUT2D eigenvalue weighted by Gasteiger charge is -2.41. The summed E-state index contributed by atoms with van der Waals surface area (Å²) in [6, 6.07) is 12.4. The Kier molecular flexibility index (Phi) is 7.10. The molecule has 1 aliphatic heterocycles. The molecule has 1 aliphatic rings. The summed E-state index contributed by atoms with van der Waals surface area (Å²) in [5.41, 5.74) is 3.68. The molecule has 1 aromatic heterocycles. The van der Waals surface area contributed by atoms with E-state index in [2.05, 4.69) is 29.7 Å². The van der Waals surface area contributed by atoms with Gasteiger partial charge >= 0.3 is 5.97 Å². The summed E-state index contributed by atoms with van der Waals surface area (Å²) >= 11 is 6.12. The van der Waals surface area contributed by atoms with Crippen molar-refractivity contribution in [1.82, 2.24) is 9.88 Å². The molecule has 2 heterocycles. The van der Waals surface area contributed by atoms with Gasteiger partial charge in [-0.2, -0.15) is 4.98 Å². The van der Waals surface area contributed by atoms with Crippen LogP contribution >= 0.6 is 11.6 Å². The molecule has 176 valence electrons. The van der Waals surface area contributed by atoms with E-state index < -0.39 is 5.97 Å². The van der Waals surface area contributed by atoms with Crippen molar-refractivity contribution >= 4 is 34.7 Å². The number of anilines is 1. The molecule has 0 aliphatic carbocycles. The van der Waals surface area contributed by atoms with Crippen LogP contribution < -0.4 is 9.64 Å². The second kappa shape index (κ2) is 10.0. The van der Waals surface area contributed by atoms with Crippen LogP contribution in [0.2, 0.25) is 5.02 Å². The maximum Gasteiger partial charge on any atom is 0.341 e. The highest BCUT2D eigenvalue weighted by Gasteiger charge is 2.30. The fraction of sp³-hybridized carbons (Fsp3) is 0.440. The highest BCUT2D eigenvalue weighted by Crippen LogP contribution is 2.29. The van der Waals surface area contributed by atoms with Crippen LogP contribution in [0, 0.1) is 12.8 Å². The number of piperazine rings is 1. The predicted molar refractivity (Wildman–Crippen MR) is 129 cm³/mol. The number of carbonyl (C=O) groups is 1. The minimum atomic E-state index is -0.979. The molecule has 2 aromatic carbocycles. The predicted octanol–water partition coefficient (Wildman–Crippen LogP) is 4.99. The third-order valence-electron chi connectivity index (χ3n) is 5.77. The van der Waals surface area contributed by atoms with E-state index in [9.17, 15) is 4.79 Å². The number of aryl methyl sites for hydroxylation is 1. The maximum absolute atomic E-state index is 10.8. The van der Waals surface area contributed by atoms with Crippen molar-refractivity contribution in [3.63, 3.8) is 0 Å². The molecule has 0 amide bonds. The number of hydrogen-bond donors (Lipinski definition) is 1. The van der Waals surface area contributed by atoms with Crippen molar-refractivity contribution in [3.8, 4) is 5.75 Å². The van der Waals surface area contributed by atoms with Crippen LogP contribution in [0.15, 0.2) is 40.8 Å². The Labute approximate surface area is 198 Å². The summed E-state index contributed by atoms with van der Waals surface area (Å²) in [6.07, 6.45) is 1.02. The fourth-order valence-electron chi connectivity index (χ4n) is 4.47. The molecule has 0 bridgehead atoms. The van der Waals surface area contributed by atoms with E-state index in [0.717, 1.165) is 49.2 Å². The monoisotopic (exact) mass is 471 g/mol. The normalized spacial score (nSPS) is 17.1. The molecule has 0 spiro atoms. The van der Waals surface area contributed by atoms with E-state index in [1.54, 1.807) is 0 Å². The van der Waals surface area contributed by atoms with E-state index in [0.29, 0.717) is 28.3 Å². The average Bonchev–Trinajstić information content (AvgIpc) is 3.14. The van der Waals surface area contributed by atoms with Gasteiger partial charge in [0, 0.05) is 43.3 Å². The Balaban J connectivity index is 1.50. The van der Waals surface area contributed by atoms with Gasteiger partial charge in [0.2, 0.25) is 0 Å². The van der Waals surface area contributed by atoms with Gasteiger partial charge in [-0.25, -0.2) is 4.79 Å². The van der Waals surface area contributed by atoms with Gasteiger partial charge in [0.1, 0.15) is 11.3 Å². The third-order valence-corrected chi connectivity index (χ3v) is 6.01. The van der Waals surface area contributed by atoms with E-state index in [-0.39, 0.29) is 12.6 Å². The molecular formula is C25H30ClN3O4. The number of nitrogens with zero attached hydrogens (tertiary/aromatic N) is 3. The minimum Gasteiger partial charge on any atom is -0.482 e. The number of aliphatic carboxylic acids is 1. The second-order valence-electron chi connectivity index (χ2n) is 9.16. The summed E-state index contributed by atoms with van der Waals surface area (Å²) in [4.78, 5) is 20.3. The molecule has 0 unspecified atom stereocenters. The van der Waals surface area contributed by atoms with Crippen LogP contribution in [-0.2, 0) is 11.3 Å². The largest absolute Gasteiger partial charge is 0.482 e. The first-order chi connectivity index (χ1) is 15.8. The number of rotatable bonds is 8. The zero-order valence-electron chi connectivity index (χ0n) is 19.3. The van der Waals surface area contributed by atoms with Crippen LogP contribution in [0.1, 0.15) is 31.4 Å². The molecule has 1 N–H and O–H groups in total. The van der Waals surface area contributed by atoms with Crippen molar-refractivity contribution in [1.29, 1.82) is 0 Å². The van der Waals surface area contributed by atoms with E-state index in [1.165, 1.54) is 0 Å². The number of oxazole rings is 1. The molecule has 7 nitrogen and oxygen atoms in total. The molecule has 0 saturated carbocycles. The fourth-order valence-corrected chi connectivity index (χ4v) is 4.63. The van der Waals surface area contributed by atoms with E-state index >= 15 is 0 Å². The number of fused-ring (bicyclic) bond motifs is 1. The number of hydrogen-bond acceptors (Lipinski definition) is 6. The average molecular weight is 472 g/mol. The smallest absolute Gasteiger partial charge is 0.341 e. The van der Waals surface area contributed by atoms with Crippen molar-refractivity contribution in [3.05, 3.63) is 52.5 Å². The Bertz CT molecular complexity index is 1130. The number of carboxylic acid groups (broad SMARTS) is 1. The Hall–Kier alpha value is -2.77. The number of carboxylic acids is 1. The van der Waals surface area contributed by atoms with Crippen LogP contribution in [0.3, 0.4) is 0 Å². The first-order valence-corrected chi connectivity index (χ1v) is 11.6. The summed E-state index contributed by atoms with van der Waals surface area (Å²) in [5, 5.41) is 9.53. The Morgan fingerprint density at radius 1 is 1.27 bits per heavy atom. The first kappa shape index (κ1) is 23.4. The number of ether oxygens (including phenoxy) is 1. The summed E-state index contributed by atoms with van der Waals surface area (Å²) in [5.74, 6) is 0.147. The van der Waals surface area contributed by atoms with E-state index in [4.69, 9.17) is 30.8 Å². The quantitative estimate of drug-likeness (QED) is 0.495. The molecule has 1 atom stereocenters. The Morgan fingerprint density at radius 2 is 2.09 bits per heavy atom. The van der Waals surface area contributed by atoms with Gasteiger partial charge in [0.05, 0.1) is 0 Å². The minimum absolute atomic E-state index is 0.273. The highest BCUT2D eigenvalue weighted by molar-refractivity contribution is 6.31. The molecule has 0 radical (unpaired) electrons. The zero-order valence-corrected chi connectivity index (χ0v) is 20.0. The van der Waals surface area contributed by atoms with Crippen LogP contribution in [-0.4, -0.2) is 53.2 Å². The number of benzene rings is 2. The molecule has 4 rings (SSSR count). The van der Waals surface area contributed by atoms with Crippen molar-refractivity contribution in [2.45, 2.75) is 39.8 Å². The molecular weight excluding hydrogens is 442 g/mol. The summed E-state index contributed by atoms with van der Waals surface area (Å²) in [7, 11) is 0. The summed E-state index contributed by atoms with van der Waals surface area (Å²) in [6.45, 7) is 9.46. The van der Waals surface area contributed by atoms with Crippen LogP contribution in [0.25, 0.3) is 11.1 Å². The maximum atomic E-state index is 10.8. The number of aromatic nitrogens is 1. The van der Waals surface area contributed by atoms with Gasteiger partial charge in [-0.15, -0.1) is 0 Å². The van der Waals surface area contributed by atoms with Crippen LogP contribution in [0.4, 0.5) is 6.01 Å². The highest BCUT2D eigenvalue weighted by atomic mass is 35.5. The molecule has 3 aromatic rings. The van der Waals surface area contributed by atoms with Crippen molar-refractivity contribution < 1.29 is 19.1 Å². The SMILES string of the molecule is Cc1cc(CN2CCN(c3nc4ccc(Cl)cc4o3)[C@H](CC(C)C)C2)cc(OCC(=O)O)c1. The van der Waals surface area contributed by atoms with E-state index in [1.807, 2.05) is 37.3 Å². The lowest BCUT2D eigenvalue weighted by Crippen LogP contribution is -2.53. The topological polar surface area (TPSA) is 79.0 Å². The standard InChI is InChI=1S/C25H30ClN3O4/c1-16(2)8-20-14-28(13-18-9-17(3)10-21(11-18)32-15-24(30)31)6-7-29(20)25-27-22-5-4-19(26)12-23(22)33-25/h4-5,9-12,16,20H,6-8,13-15H2,1-3H3,(H,30,31)/t20-/m1/s1. The van der Waals surface area contributed by atoms with Gasteiger partial charge in [0.15, 0.2) is 12.2 Å². The third kappa shape index (κ3) is 5.97. The van der Waals surface area contributed by atoms with Gasteiger partial charge in [-0.05, 0) is 54.7 Å². The zero-order chi connectivity index (χ0) is 23.5. The lowest BCUT2D eigenvalue weighted by molar-refractivity contribution is -0.139. The van der Waals surface area contributed by atoms with Gasteiger partial charge in [-0.3, -0.25) is 4.90 Å². The Morgan fingerprint density at radius 3 is 2.85 bits per heavy atom. The summed E-state index contributed by atoms with van der Waals surface area (Å²) < 4.78 is 11.5. The molecule has 1 saturated heterocycles. The first-order valence-electron chi connectivity index (χ1n) is 11.3. The van der Waals surface area contributed by atoms with Gasteiger partial charge < -0.3 is 19.2 Å². The van der Waals surface area contributed by atoms with Crippen molar-refractivity contribution in [2.75, 3.05) is 31.1 Å². The molecule has 33 heavy (non-hydrogen) atoms. The van der Waals surface area contributed by atoms with Gasteiger partial charge in [-0.1, -0.05) is 31.5 Å². The van der Waals surface area contributed by atoms with Gasteiger partial charge in [0.25, 0.3) is 6.01 Å². The molecule has 8 heteroatoms. The molecule has 1 fully saturated rings. The lowest BCUT2D eigenvalue weighted by atomic mass is 10.00. The van der Waals surface area contributed by atoms with Crippen LogP contribution in [0.5, 0.6) is 5.75 Å². The van der Waals surface area contributed by atoms with Crippen molar-refractivity contribution in [2.24, 2.45) is 5.92 Å². The number of halogens is 1.